The molecule has 0 radical (unpaired) electrons. The standard InChI is InChI=1S/C18H19N3O2S/c1-11-5-7-14(8-6-11)17-20-21-18(23-17)24-10-15-13(3)16(22-4)12(2)9-19-15/h5-9H,10H2,1-4H3. The molecule has 0 N–H and O–H groups in total. The number of ether oxygens (including phenoxy) is 1. The van der Waals surface area contributed by atoms with E-state index in [2.05, 4.69) is 15.2 Å². The fraction of sp³-hybridized carbons (Fsp3) is 0.278. The van der Waals surface area contributed by atoms with Crippen LogP contribution in [0.2, 0.25) is 0 Å². The second kappa shape index (κ2) is 7.05. The monoisotopic (exact) mass is 341 g/mol. The van der Waals surface area contributed by atoms with Crippen LogP contribution < -0.4 is 4.74 Å². The summed E-state index contributed by atoms with van der Waals surface area (Å²) in [6, 6.07) is 8.01. The van der Waals surface area contributed by atoms with E-state index < -0.39 is 0 Å². The fourth-order valence-electron chi connectivity index (χ4n) is 2.43. The van der Waals surface area contributed by atoms with Gasteiger partial charge in [-0.3, -0.25) is 4.98 Å². The maximum Gasteiger partial charge on any atom is 0.277 e. The van der Waals surface area contributed by atoms with Crippen molar-refractivity contribution >= 4 is 11.8 Å². The van der Waals surface area contributed by atoms with E-state index in [9.17, 15) is 0 Å². The van der Waals surface area contributed by atoms with Crippen molar-refractivity contribution in [1.82, 2.24) is 15.2 Å². The highest BCUT2D eigenvalue weighted by atomic mass is 32.2. The van der Waals surface area contributed by atoms with Crippen LogP contribution in [0.3, 0.4) is 0 Å². The van der Waals surface area contributed by atoms with Crippen molar-refractivity contribution < 1.29 is 9.15 Å². The van der Waals surface area contributed by atoms with Crippen LogP contribution in [-0.4, -0.2) is 22.3 Å². The molecule has 124 valence electrons. The smallest absolute Gasteiger partial charge is 0.277 e. The lowest BCUT2D eigenvalue weighted by atomic mass is 10.1. The van der Waals surface area contributed by atoms with E-state index in [1.807, 2.05) is 51.2 Å². The number of methoxy groups -OCH3 is 1. The molecular weight excluding hydrogens is 322 g/mol. The highest BCUT2D eigenvalue weighted by Gasteiger charge is 2.13. The van der Waals surface area contributed by atoms with Gasteiger partial charge in [0.15, 0.2) is 0 Å². The van der Waals surface area contributed by atoms with Gasteiger partial charge in [-0.1, -0.05) is 29.5 Å². The van der Waals surface area contributed by atoms with E-state index in [1.54, 1.807) is 7.11 Å². The molecule has 5 nitrogen and oxygen atoms in total. The Morgan fingerprint density at radius 2 is 1.83 bits per heavy atom. The van der Waals surface area contributed by atoms with E-state index in [1.165, 1.54) is 17.3 Å². The zero-order chi connectivity index (χ0) is 17.1. The van der Waals surface area contributed by atoms with Gasteiger partial charge in [-0.15, -0.1) is 10.2 Å². The Labute approximate surface area is 145 Å². The summed E-state index contributed by atoms with van der Waals surface area (Å²) in [5, 5.41) is 8.76. The first-order valence-corrected chi connectivity index (χ1v) is 8.59. The van der Waals surface area contributed by atoms with Gasteiger partial charge in [-0.05, 0) is 32.9 Å². The minimum absolute atomic E-state index is 0.531. The third-order valence-corrected chi connectivity index (χ3v) is 4.62. The van der Waals surface area contributed by atoms with Gasteiger partial charge in [0.1, 0.15) is 5.75 Å². The molecule has 0 unspecified atom stereocenters. The first kappa shape index (κ1) is 16.5. The Kier molecular flexibility index (Phi) is 4.85. The van der Waals surface area contributed by atoms with Crippen LogP contribution in [0.1, 0.15) is 22.4 Å². The molecule has 3 aromatic rings. The second-order valence-corrected chi connectivity index (χ2v) is 6.50. The lowest BCUT2D eigenvalue weighted by Gasteiger charge is -2.11. The summed E-state index contributed by atoms with van der Waals surface area (Å²) in [5.74, 6) is 2.06. The summed E-state index contributed by atoms with van der Waals surface area (Å²) in [7, 11) is 1.68. The van der Waals surface area contributed by atoms with Crippen LogP contribution in [-0.2, 0) is 5.75 Å². The minimum atomic E-state index is 0.531. The Morgan fingerprint density at radius 1 is 1.08 bits per heavy atom. The van der Waals surface area contributed by atoms with Crippen LogP contribution >= 0.6 is 11.8 Å². The summed E-state index contributed by atoms with van der Waals surface area (Å²) >= 11 is 1.47. The number of benzene rings is 1. The van der Waals surface area contributed by atoms with Crippen LogP contribution in [0.5, 0.6) is 5.75 Å². The van der Waals surface area contributed by atoms with Crippen LogP contribution in [0.4, 0.5) is 0 Å². The van der Waals surface area contributed by atoms with Crippen molar-refractivity contribution in [2.24, 2.45) is 0 Å². The largest absolute Gasteiger partial charge is 0.496 e. The Balaban J connectivity index is 1.73. The molecule has 0 amide bonds. The Hall–Kier alpha value is -2.34. The molecule has 6 heteroatoms. The number of pyridine rings is 1. The Morgan fingerprint density at radius 3 is 2.54 bits per heavy atom. The summed E-state index contributed by atoms with van der Waals surface area (Å²) < 4.78 is 11.2. The molecule has 1 aromatic carbocycles. The third kappa shape index (κ3) is 3.43. The molecule has 0 fully saturated rings. The third-order valence-electron chi connectivity index (χ3n) is 3.79. The summed E-state index contributed by atoms with van der Waals surface area (Å²) in [6.45, 7) is 6.05. The van der Waals surface area contributed by atoms with E-state index in [-0.39, 0.29) is 0 Å². The highest BCUT2D eigenvalue weighted by molar-refractivity contribution is 7.98. The molecule has 3 rings (SSSR count). The van der Waals surface area contributed by atoms with Crippen molar-refractivity contribution in [2.45, 2.75) is 31.7 Å². The van der Waals surface area contributed by atoms with Crippen molar-refractivity contribution in [3.8, 4) is 17.2 Å². The zero-order valence-corrected chi connectivity index (χ0v) is 15.0. The van der Waals surface area contributed by atoms with E-state index >= 15 is 0 Å². The Bertz CT molecular complexity index is 844. The van der Waals surface area contributed by atoms with Gasteiger partial charge in [0.25, 0.3) is 5.22 Å². The van der Waals surface area contributed by atoms with E-state index in [0.717, 1.165) is 28.1 Å². The molecule has 0 bridgehead atoms. The second-order valence-electron chi connectivity index (χ2n) is 5.57. The molecule has 0 aliphatic carbocycles. The van der Waals surface area contributed by atoms with Gasteiger partial charge in [-0.2, -0.15) is 0 Å². The van der Waals surface area contributed by atoms with Gasteiger partial charge >= 0.3 is 0 Å². The van der Waals surface area contributed by atoms with Crippen LogP contribution in [0.25, 0.3) is 11.5 Å². The number of hydrogen-bond donors (Lipinski definition) is 0. The van der Waals surface area contributed by atoms with Gasteiger partial charge in [0.2, 0.25) is 5.89 Å². The molecule has 0 spiro atoms. The van der Waals surface area contributed by atoms with Gasteiger partial charge < -0.3 is 9.15 Å². The van der Waals surface area contributed by atoms with Crippen molar-refractivity contribution in [1.29, 1.82) is 0 Å². The first-order valence-electron chi connectivity index (χ1n) is 7.61. The first-order chi connectivity index (χ1) is 11.6. The lowest BCUT2D eigenvalue weighted by Crippen LogP contribution is -1.98. The topological polar surface area (TPSA) is 61.0 Å². The van der Waals surface area contributed by atoms with Gasteiger partial charge in [0.05, 0.1) is 12.8 Å². The van der Waals surface area contributed by atoms with Crippen LogP contribution in [0, 0.1) is 20.8 Å². The lowest BCUT2D eigenvalue weighted by molar-refractivity contribution is 0.407. The average molecular weight is 341 g/mol. The highest BCUT2D eigenvalue weighted by Crippen LogP contribution is 2.29. The van der Waals surface area contributed by atoms with Gasteiger partial charge in [-0.25, -0.2) is 0 Å². The predicted octanol–water partition coefficient (Wildman–Crippen LogP) is 4.36. The molecule has 2 aromatic heterocycles. The SMILES string of the molecule is COc1c(C)cnc(CSc2nnc(-c3ccc(C)cc3)o2)c1C. The summed E-state index contributed by atoms with van der Waals surface area (Å²) in [4.78, 5) is 4.49. The molecule has 0 saturated heterocycles. The number of hydrogen-bond acceptors (Lipinski definition) is 6. The van der Waals surface area contributed by atoms with Gasteiger partial charge in [0, 0.05) is 28.6 Å². The molecule has 2 heterocycles. The quantitative estimate of drug-likeness (QED) is 0.643. The summed E-state index contributed by atoms with van der Waals surface area (Å²) in [5.41, 5.74) is 5.15. The number of aromatic nitrogens is 3. The average Bonchev–Trinajstić information content (AvgIpc) is 3.04. The molecule has 0 aliphatic heterocycles. The van der Waals surface area contributed by atoms with Crippen molar-refractivity contribution in [3.63, 3.8) is 0 Å². The predicted molar refractivity (Wildman–Crippen MR) is 94.3 cm³/mol. The zero-order valence-electron chi connectivity index (χ0n) is 14.2. The van der Waals surface area contributed by atoms with Crippen molar-refractivity contribution in [3.05, 3.63) is 52.8 Å². The molecule has 24 heavy (non-hydrogen) atoms. The normalized spacial score (nSPS) is 10.8. The molecular formula is C18H19N3O2S. The van der Waals surface area contributed by atoms with E-state index in [0.29, 0.717) is 16.9 Å². The van der Waals surface area contributed by atoms with Crippen molar-refractivity contribution in [2.75, 3.05) is 7.11 Å². The summed E-state index contributed by atoms with van der Waals surface area (Å²) in [6.07, 6.45) is 1.83. The van der Waals surface area contributed by atoms with E-state index in [4.69, 9.17) is 9.15 Å². The molecule has 0 aliphatic rings. The number of aryl methyl sites for hydroxylation is 2. The number of nitrogens with zero attached hydrogens (tertiary/aromatic N) is 3. The maximum atomic E-state index is 5.73. The maximum absolute atomic E-state index is 5.73. The number of thioether (sulfide) groups is 1. The minimum Gasteiger partial charge on any atom is -0.496 e. The number of rotatable bonds is 5. The molecule has 0 saturated carbocycles. The fourth-order valence-corrected chi connectivity index (χ4v) is 3.22. The molecule has 0 atom stereocenters. The van der Waals surface area contributed by atoms with Crippen LogP contribution in [0.15, 0.2) is 40.1 Å².